The van der Waals surface area contributed by atoms with Crippen molar-refractivity contribution in [2.45, 2.75) is 131 Å². The van der Waals surface area contributed by atoms with E-state index in [2.05, 4.69) is 222 Å². The Hall–Kier alpha value is -5.67. The van der Waals surface area contributed by atoms with Gasteiger partial charge in [0, 0.05) is 44.0 Å². The van der Waals surface area contributed by atoms with Crippen LogP contribution >= 0.6 is 0 Å². The smallest absolute Gasteiger partial charge is 0.245 e. The molecule has 0 aliphatic carbocycles. The fourth-order valence-electron chi connectivity index (χ4n) is 13.1. The molecular formula is C62H63B3N2. The Balaban J connectivity index is 1.21. The number of aromatic nitrogens is 2. The maximum Gasteiger partial charge on any atom is 0.245 e. The zero-order valence-electron chi connectivity index (χ0n) is 42.5. The van der Waals surface area contributed by atoms with Crippen molar-refractivity contribution in [3.8, 4) is 11.4 Å². The number of benzene rings is 7. The van der Waals surface area contributed by atoms with E-state index < -0.39 is 0 Å². The summed E-state index contributed by atoms with van der Waals surface area (Å²) in [5.74, 6) is 0. The Morgan fingerprint density at radius 2 is 0.687 bits per heavy atom. The molecular weight excluding hydrogens is 805 g/mol. The summed E-state index contributed by atoms with van der Waals surface area (Å²) >= 11 is 0. The quantitative estimate of drug-likeness (QED) is 0.135. The number of hydrogen-bond acceptors (Lipinski definition) is 0. The van der Waals surface area contributed by atoms with Crippen LogP contribution in [-0.2, 0) is 27.1 Å². The molecule has 4 aliphatic heterocycles. The van der Waals surface area contributed by atoms with Gasteiger partial charge in [-0.2, -0.15) is 0 Å². The molecule has 0 fully saturated rings. The molecule has 67 heavy (non-hydrogen) atoms. The second kappa shape index (κ2) is 12.7. The van der Waals surface area contributed by atoms with Gasteiger partial charge in [0.2, 0.25) is 20.1 Å². The first-order valence-electron chi connectivity index (χ1n) is 25.1. The van der Waals surface area contributed by atoms with E-state index in [0.717, 1.165) is 0 Å². The first-order chi connectivity index (χ1) is 31.4. The number of hydrogen-bond donors (Lipinski definition) is 0. The van der Waals surface area contributed by atoms with Gasteiger partial charge in [-0.15, -0.1) is 0 Å². The van der Waals surface area contributed by atoms with Gasteiger partial charge in [0.05, 0.1) is 11.0 Å². The maximum absolute atomic E-state index is 2.69. The van der Waals surface area contributed by atoms with Crippen LogP contribution in [0.5, 0.6) is 0 Å². The van der Waals surface area contributed by atoms with Crippen molar-refractivity contribution in [3.63, 3.8) is 0 Å². The molecule has 6 heterocycles. The monoisotopic (exact) mass is 869 g/mol. The second-order valence-electron chi connectivity index (χ2n) is 26.2. The number of nitrogens with zero attached hydrogens (tertiary/aromatic N) is 2. The lowest BCUT2D eigenvalue weighted by molar-refractivity contribution is 0.590. The van der Waals surface area contributed by atoms with Crippen molar-refractivity contribution >= 4 is 113 Å². The summed E-state index contributed by atoms with van der Waals surface area (Å²) < 4.78 is 5.35. The molecule has 2 aromatic heterocycles. The summed E-state index contributed by atoms with van der Waals surface area (Å²) in [6, 6.07) is 45.1. The van der Waals surface area contributed by atoms with E-state index >= 15 is 0 Å². The Morgan fingerprint density at radius 3 is 1.19 bits per heavy atom. The molecule has 5 heteroatoms. The molecule has 0 amide bonds. The summed E-state index contributed by atoms with van der Waals surface area (Å²) in [7, 11) is 0. The fraction of sp³-hybridized carbons (Fsp3) is 0.323. The molecule has 0 N–H and O–H groups in total. The summed E-state index contributed by atoms with van der Waals surface area (Å²) in [5, 5.41) is 5.49. The third-order valence-corrected chi connectivity index (χ3v) is 16.8. The molecule has 9 aromatic rings. The van der Waals surface area contributed by atoms with Crippen LogP contribution in [-0.4, -0.2) is 29.3 Å². The predicted octanol–water partition coefficient (Wildman–Crippen LogP) is 9.17. The van der Waals surface area contributed by atoms with E-state index in [0.29, 0.717) is 0 Å². The minimum Gasteiger partial charge on any atom is -0.310 e. The van der Waals surface area contributed by atoms with Gasteiger partial charge in [0.1, 0.15) is 0 Å². The third-order valence-electron chi connectivity index (χ3n) is 16.8. The normalized spacial score (nSPS) is 15.0. The van der Waals surface area contributed by atoms with Crippen molar-refractivity contribution in [1.29, 1.82) is 0 Å². The van der Waals surface area contributed by atoms with E-state index in [1.807, 2.05) is 0 Å². The molecule has 0 bridgehead atoms. The molecule has 13 rings (SSSR count). The van der Waals surface area contributed by atoms with Crippen LogP contribution < -0.4 is 49.2 Å². The zero-order chi connectivity index (χ0) is 47.0. The highest BCUT2D eigenvalue weighted by Crippen LogP contribution is 2.41. The van der Waals surface area contributed by atoms with Gasteiger partial charge in [0.15, 0.2) is 0 Å². The van der Waals surface area contributed by atoms with Gasteiger partial charge < -0.3 is 9.13 Å². The van der Waals surface area contributed by atoms with E-state index in [9.17, 15) is 0 Å². The molecule has 330 valence electrons. The van der Waals surface area contributed by atoms with Crippen LogP contribution in [0.4, 0.5) is 0 Å². The molecule has 0 atom stereocenters. The van der Waals surface area contributed by atoms with Gasteiger partial charge in [-0.25, -0.2) is 0 Å². The predicted molar refractivity (Wildman–Crippen MR) is 295 cm³/mol. The van der Waals surface area contributed by atoms with Crippen molar-refractivity contribution < 1.29 is 0 Å². The largest absolute Gasteiger partial charge is 0.310 e. The molecule has 0 radical (unpaired) electrons. The average Bonchev–Trinajstić information content (AvgIpc) is 3.77. The van der Waals surface area contributed by atoms with E-state index in [1.54, 1.807) is 0 Å². The molecule has 0 unspecified atom stereocenters. The fourth-order valence-corrected chi connectivity index (χ4v) is 13.1. The Morgan fingerprint density at radius 1 is 0.299 bits per heavy atom. The van der Waals surface area contributed by atoms with Crippen molar-refractivity contribution in [3.05, 3.63) is 137 Å². The zero-order valence-corrected chi connectivity index (χ0v) is 42.5. The first kappa shape index (κ1) is 41.5. The van der Waals surface area contributed by atoms with Crippen LogP contribution in [0.1, 0.15) is 132 Å². The Bertz CT molecular complexity index is 3730. The molecule has 2 nitrogen and oxygen atoms in total. The van der Waals surface area contributed by atoms with Crippen LogP contribution in [0.3, 0.4) is 0 Å². The average molecular weight is 869 g/mol. The first-order valence-corrected chi connectivity index (χ1v) is 25.1. The van der Waals surface area contributed by atoms with Crippen LogP contribution in [0.2, 0.25) is 0 Å². The highest BCUT2D eigenvalue weighted by atomic mass is 15.0. The van der Waals surface area contributed by atoms with Gasteiger partial charge >= 0.3 is 0 Å². The lowest BCUT2D eigenvalue weighted by Gasteiger charge is -2.44. The standard InChI is InChI=1S/C62H63B3N2/c1-58(2,3)34-20-24-49-39(27-34)41-29-37(61(10,11)12)32-47-56(41)66(49)51-18-16-17-44-53(51)64(47)45-23-26-52-55-54(45)63(44)43-22-19-36(60(7,8)9)31-46(43)65(55)48-33-38(62(13,14)15)30-42-40-28-35(59(4,5)6)21-25-50(40)67(52)57(42)48/h16-33H,1-15H3. The molecule has 0 spiro atoms. The Labute approximate surface area is 399 Å². The minimum absolute atomic E-state index is 0.00123. The summed E-state index contributed by atoms with van der Waals surface area (Å²) in [6.07, 6.45) is 0. The topological polar surface area (TPSA) is 9.86 Å². The molecule has 0 saturated carbocycles. The van der Waals surface area contributed by atoms with E-state index in [1.165, 1.54) is 132 Å². The van der Waals surface area contributed by atoms with Gasteiger partial charge in [0.25, 0.3) is 0 Å². The van der Waals surface area contributed by atoms with Crippen LogP contribution in [0.25, 0.3) is 55.0 Å². The van der Waals surface area contributed by atoms with Crippen molar-refractivity contribution in [2.75, 3.05) is 0 Å². The molecule has 4 aliphatic rings. The SMILES string of the molecule is CC(C)(C)c1ccc2c(c1)B1c3c(ccc4c3B2c2cccc3c2B4c2cc(C(C)(C)C)cc4c5cc(C(C)(C)C)ccc5n-3c24)-n2c3ccc(C(C)(C)C)cc3c3cc(C(C)(C)C)cc1c32. The highest BCUT2D eigenvalue weighted by molar-refractivity contribution is 7.19. The maximum atomic E-state index is 2.69. The summed E-state index contributed by atoms with van der Waals surface area (Å²) in [4.78, 5) is 0. The third kappa shape index (κ3) is 5.44. The number of fused-ring (bicyclic) bond motifs is 15. The highest BCUT2D eigenvalue weighted by Gasteiger charge is 2.52. The molecule has 7 aromatic carbocycles. The lowest BCUT2D eigenvalue weighted by atomic mass is 9.13. The van der Waals surface area contributed by atoms with Crippen LogP contribution in [0.15, 0.2) is 109 Å². The van der Waals surface area contributed by atoms with Crippen molar-refractivity contribution in [1.82, 2.24) is 9.13 Å². The Kier molecular flexibility index (Phi) is 7.87. The number of rotatable bonds is 0. The minimum atomic E-state index is -0.0303. The van der Waals surface area contributed by atoms with Gasteiger partial charge in [-0.05, 0) is 120 Å². The van der Waals surface area contributed by atoms with Crippen molar-refractivity contribution in [2.24, 2.45) is 0 Å². The second-order valence-corrected chi connectivity index (χ2v) is 26.2. The summed E-state index contributed by atoms with van der Waals surface area (Å²) in [6.45, 7) is 35.9. The molecule has 0 saturated heterocycles. The van der Waals surface area contributed by atoms with E-state index in [-0.39, 0.29) is 47.2 Å². The van der Waals surface area contributed by atoms with Crippen LogP contribution in [0, 0.1) is 0 Å². The van der Waals surface area contributed by atoms with Gasteiger partial charge in [-0.3, -0.25) is 0 Å². The lowest BCUT2D eigenvalue weighted by Crippen LogP contribution is -2.86. The van der Waals surface area contributed by atoms with Gasteiger partial charge in [-0.1, -0.05) is 197 Å². The van der Waals surface area contributed by atoms with E-state index in [4.69, 9.17) is 0 Å². The summed E-state index contributed by atoms with van der Waals surface area (Å²) in [5.41, 5.74) is 28.4.